The molecule has 1 aliphatic rings. The third kappa shape index (κ3) is 4.77. The molecule has 3 heterocycles. The number of β-amino-alcohol motifs (C(OH)–C–C–N with tert-alkyl or cyclic N) is 1. The third-order valence-corrected chi connectivity index (χ3v) is 5.04. The summed E-state index contributed by atoms with van der Waals surface area (Å²) in [5, 5.41) is 9.51. The highest BCUT2D eigenvalue weighted by atomic mass is 16.3. The van der Waals surface area contributed by atoms with Crippen molar-refractivity contribution in [3.63, 3.8) is 0 Å². The third-order valence-electron chi connectivity index (χ3n) is 5.04. The van der Waals surface area contributed by atoms with Crippen molar-refractivity contribution in [3.05, 3.63) is 29.3 Å². The summed E-state index contributed by atoms with van der Waals surface area (Å²) < 4.78 is 2.07. The van der Waals surface area contributed by atoms with Crippen LogP contribution in [-0.4, -0.2) is 68.6 Å². The predicted molar refractivity (Wildman–Crippen MR) is 99.6 cm³/mol. The van der Waals surface area contributed by atoms with Crippen molar-refractivity contribution in [2.24, 2.45) is 5.92 Å². The van der Waals surface area contributed by atoms with Gasteiger partial charge in [-0.2, -0.15) is 0 Å². The molecule has 0 radical (unpaired) electrons. The molecule has 1 unspecified atom stereocenters. The fourth-order valence-electron chi connectivity index (χ4n) is 3.90. The largest absolute Gasteiger partial charge is 0.392 e. The lowest BCUT2D eigenvalue weighted by molar-refractivity contribution is 0.0918. The second-order valence-corrected chi connectivity index (χ2v) is 7.73. The fraction of sp³-hybridized carbons (Fsp3) is 0.684. The predicted octanol–water partition coefficient (Wildman–Crippen LogP) is 1.87. The topological polar surface area (TPSA) is 56.9 Å². The van der Waals surface area contributed by atoms with Crippen LogP contribution in [0.2, 0.25) is 0 Å². The lowest BCUT2D eigenvalue weighted by Crippen LogP contribution is -2.40. The summed E-state index contributed by atoms with van der Waals surface area (Å²) >= 11 is 0. The number of aliphatic hydroxyl groups is 1. The monoisotopic (exact) mass is 345 g/mol. The van der Waals surface area contributed by atoms with Crippen LogP contribution >= 0.6 is 0 Å². The van der Waals surface area contributed by atoms with Gasteiger partial charge >= 0.3 is 0 Å². The highest BCUT2D eigenvalue weighted by Gasteiger charge is 2.21. The van der Waals surface area contributed by atoms with Gasteiger partial charge in [-0.25, -0.2) is 9.97 Å². The first-order chi connectivity index (χ1) is 11.9. The average molecular weight is 345 g/mol. The Morgan fingerprint density at radius 1 is 1.28 bits per heavy atom. The zero-order valence-electron chi connectivity index (χ0n) is 15.9. The zero-order valence-corrected chi connectivity index (χ0v) is 15.9. The van der Waals surface area contributed by atoms with E-state index in [2.05, 4.69) is 50.4 Å². The van der Waals surface area contributed by atoms with Gasteiger partial charge in [0.05, 0.1) is 11.8 Å². The smallest absolute Gasteiger partial charge is 0.234 e. The van der Waals surface area contributed by atoms with Crippen LogP contribution in [0.1, 0.15) is 36.8 Å². The minimum Gasteiger partial charge on any atom is -0.392 e. The minimum atomic E-state index is -0.227. The molecule has 0 aromatic carbocycles. The van der Waals surface area contributed by atoms with E-state index in [4.69, 9.17) is 0 Å². The summed E-state index contributed by atoms with van der Waals surface area (Å²) in [6.45, 7) is 10.9. The van der Waals surface area contributed by atoms with Crippen molar-refractivity contribution in [2.45, 2.75) is 46.3 Å². The van der Waals surface area contributed by atoms with E-state index in [-0.39, 0.29) is 6.10 Å². The van der Waals surface area contributed by atoms with Crippen molar-refractivity contribution >= 4 is 5.78 Å². The Labute approximate surface area is 150 Å². The summed E-state index contributed by atoms with van der Waals surface area (Å²) in [4.78, 5) is 14.0. The average Bonchev–Trinajstić information content (AvgIpc) is 2.91. The molecule has 2 aromatic rings. The van der Waals surface area contributed by atoms with Crippen LogP contribution in [0.25, 0.3) is 5.78 Å². The number of aliphatic hydroxyl groups excluding tert-OH is 1. The van der Waals surface area contributed by atoms with Gasteiger partial charge in [-0.15, -0.1) is 0 Å². The summed E-state index contributed by atoms with van der Waals surface area (Å²) in [5.74, 6) is 1.53. The molecular formula is C19H31N5O. The Bertz CT molecular complexity index is 703. The van der Waals surface area contributed by atoms with E-state index in [1.165, 1.54) is 18.5 Å². The normalized spacial score (nSPS) is 18.3. The van der Waals surface area contributed by atoms with Crippen molar-refractivity contribution in [2.75, 3.05) is 33.2 Å². The molecule has 0 spiro atoms. The molecule has 6 heteroatoms. The number of aryl methyl sites for hydroxylation is 2. The molecule has 1 fully saturated rings. The van der Waals surface area contributed by atoms with E-state index in [0.717, 1.165) is 55.8 Å². The Balaban J connectivity index is 1.53. The van der Waals surface area contributed by atoms with Crippen molar-refractivity contribution in [1.82, 2.24) is 24.2 Å². The highest BCUT2D eigenvalue weighted by Crippen LogP contribution is 2.19. The van der Waals surface area contributed by atoms with Crippen LogP contribution < -0.4 is 0 Å². The van der Waals surface area contributed by atoms with Crippen LogP contribution in [0.3, 0.4) is 0 Å². The molecule has 0 amide bonds. The number of hydrogen-bond acceptors (Lipinski definition) is 5. The molecule has 3 rings (SSSR count). The molecule has 1 N–H and O–H groups in total. The number of aromatic nitrogens is 3. The van der Waals surface area contributed by atoms with Gasteiger partial charge in [0.25, 0.3) is 0 Å². The summed E-state index contributed by atoms with van der Waals surface area (Å²) in [7, 11) is 2.18. The zero-order chi connectivity index (χ0) is 18.0. The van der Waals surface area contributed by atoms with Crippen LogP contribution in [-0.2, 0) is 6.54 Å². The van der Waals surface area contributed by atoms with Gasteiger partial charge in [0.1, 0.15) is 0 Å². The second-order valence-electron chi connectivity index (χ2n) is 7.73. The van der Waals surface area contributed by atoms with Gasteiger partial charge in [0.15, 0.2) is 0 Å². The Hall–Kier alpha value is -1.50. The molecule has 25 heavy (non-hydrogen) atoms. The quantitative estimate of drug-likeness (QED) is 0.866. The van der Waals surface area contributed by atoms with Gasteiger partial charge in [0, 0.05) is 37.2 Å². The molecule has 138 valence electrons. The van der Waals surface area contributed by atoms with Crippen LogP contribution in [0.4, 0.5) is 0 Å². The first-order valence-electron chi connectivity index (χ1n) is 9.32. The number of fused-ring (bicyclic) bond motifs is 1. The lowest BCUT2D eigenvalue weighted by atomic mass is 9.96. The van der Waals surface area contributed by atoms with E-state index in [9.17, 15) is 5.11 Å². The Kier molecular flexibility index (Phi) is 5.71. The second kappa shape index (κ2) is 7.81. The summed E-state index contributed by atoms with van der Waals surface area (Å²) in [5.41, 5.74) is 3.27. The molecule has 0 bridgehead atoms. The maximum Gasteiger partial charge on any atom is 0.234 e. The molecule has 0 aliphatic carbocycles. The maximum absolute atomic E-state index is 9.51. The van der Waals surface area contributed by atoms with E-state index < -0.39 is 0 Å². The van der Waals surface area contributed by atoms with Crippen LogP contribution in [0.5, 0.6) is 0 Å². The maximum atomic E-state index is 9.51. The van der Waals surface area contributed by atoms with Crippen LogP contribution in [0, 0.1) is 19.8 Å². The van der Waals surface area contributed by atoms with Crippen LogP contribution in [0.15, 0.2) is 12.3 Å². The molecule has 6 nitrogen and oxygen atoms in total. The SMILES string of the molecule is Cc1cc(C)n2cc(CN(C)CC3CCN(CC(C)O)CC3)nc2n1. The number of nitrogens with zero attached hydrogens (tertiary/aromatic N) is 5. The first kappa shape index (κ1) is 18.3. The van der Waals surface area contributed by atoms with Gasteiger partial charge in [0.2, 0.25) is 5.78 Å². The van der Waals surface area contributed by atoms with Gasteiger partial charge < -0.3 is 14.9 Å². The number of hydrogen-bond donors (Lipinski definition) is 1. The van der Waals surface area contributed by atoms with Gasteiger partial charge in [-0.1, -0.05) is 0 Å². The van der Waals surface area contributed by atoms with E-state index >= 15 is 0 Å². The van der Waals surface area contributed by atoms with Gasteiger partial charge in [-0.05, 0) is 65.7 Å². The summed E-state index contributed by atoms with van der Waals surface area (Å²) in [6, 6.07) is 2.09. The molecule has 0 saturated carbocycles. The first-order valence-corrected chi connectivity index (χ1v) is 9.32. The van der Waals surface area contributed by atoms with Gasteiger partial charge in [-0.3, -0.25) is 4.40 Å². The number of imidazole rings is 1. The standard InChI is InChI=1S/C19H31N5O/c1-14-9-15(2)24-13-18(21-19(24)20-14)12-22(4)11-17-5-7-23(8-6-17)10-16(3)25/h9,13,16-17,25H,5-8,10-12H2,1-4H3. The highest BCUT2D eigenvalue weighted by molar-refractivity contribution is 5.34. The Morgan fingerprint density at radius 2 is 2.00 bits per heavy atom. The summed E-state index contributed by atoms with van der Waals surface area (Å²) in [6.07, 6.45) is 4.30. The minimum absolute atomic E-state index is 0.227. The molecule has 1 aliphatic heterocycles. The van der Waals surface area contributed by atoms with Crippen molar-refractivity contribution < 1.29 is 5.11 Å². The molecular weight excluding hydrogens is 314 g/mol. The lowest BCUT2D eigenvalue weighted by Gasteiger charge is -2.34. The number of likely N-dealkylation sites (tertiary alicyclic amines) is 1. The number of rotatable bonds is 6. The fourth-order valence-corrected chi connectivity index (χ4v) is 3.90. The molecule has 1 atom stereocenters. The molecule has 1 saturated heterocycles. The van der Waals surface area contributed by atoms with Crippen molar-refractivity contribution in [3.8, 4) is 0 Å². The van der Waals surface area contributed by atoms with Crippen molar-refractivity contribution in [1.29, 1.82) is 0 Å². The molecule has 2 aromatic heterocycles. The van der Waals surface area contributed by atoms with E-state index in [1.54, 1.807) is 0 Å². The van der Waals surface area contributed by atoms with E-state index in [1.807, 2.05) is 13.8 Å². The van der Waals surface area contributed by atoms with E-state index in [0.29, 0.717) is 0 Å². The number of piperidine rings is 1. The Morgan fingerprint density at radius 3 is 2.68 bits per heavy atom.